The van der Waals surface area contributed by atoms with Gasteiger partial charge in [0.25, 0.3) is 5.89 Å². The van der Waals surface area contributed by atoms with Crippen LogP contribution in [0.1, 0.15) is 17.8 Å². The number of ether oxygens (including phenoxy) is 1. The van der Waals surface area contributed by atoms with Gasteiger partial charge >= 0.3 is 0 Å². The first-order valence-electron chi connectivity index (χ1n) is 6.16. The maximum absolute atomic E-state index is 5.95. The second-order valence-electron chi connectivity index (χ2n) is 4.66. The van der Waals surface area contributed by atoms with Crippen LogP contribution in [-0.2, 0) is 6.61 Å². The average molecular weight is 297 g/mol. The van der Waals surface area contributed by atoms with Gasteiger partial charge in [0.15, 0.2) is 12.4 Å². The molecule has 2 N–H and O–H groups in total. The van der Waals surface area contributed by atoms with Crippen molar-refractivity contribution in [3.05, 3.63) is 41.0 Å². The Labute approximate surface area is 122 Å². The first-order valence-corrected chi connectivity index (χ1v) is 6.53. The number of benzene rings is 1. The Bertz CT molecular complexity index is 542. The van der Waals surface area contributed by atoms with Gasteiger partial charge in [-0.25, -0.2) is 0 Å². The first kappa shape index (κ1) is 14.8. The second kappa shape index (κ2) is 6.69. The molecule has 0 saturated carbocycles. The highest BCUT2D eigenvalue weighted by Crippen LogP contribution is 2.17. The molecule has 7 heteroatoms. The van der Waals surface area contributed by atoms with Gasteiger partial charge in [-0.2, -0.15) is 4.98 Å². The minimum Gasteiger partial charge on any atom is -0.484 e. The Balaban J connectivity index is 1.91. The summed E-state index contributed by atoms with van der Waals surface area (Å²) in [7, 11) is 3.87. The molecule has 20 heavy (non-hydrogen) atoms. The SMILES string of the molecule is CN(C)CC(N)c1noc(COc2ccc(Cl)cc2)n1. The molecule has 0 saturated heterocycles. The van der Waals surface area contributed by atoms with Crippen molar-refractivity contribution in [2.24, 2.45) is 5.73 Å². The van der Waals surface area contributed by atoms with E-state index in [2.05, 4.69) is 10.1 Å². The molecule has 0 spiro atoms. The molecule has 0 amide bonds. The summed E-state index contributed by atoms with van der Waals surface area (Å²) in [5, 5.41) is 4.52. The summed E-state index contributed by atoms with van der Waals surface area (Å²) in [6.07, 6.45) is 0. The number of aromatic nitrogens is 2. The third-order valence-corrected chi connectivity index (χ3v) is 2.81. The van der Waals surface area contributed by atoms with Crippen LogP contribution < -0.4 is 10.5 Å². The third kappa shape index (κ3) is 4.19. The number of hydrogen-bond acceptors (Lipinski definition) is 6. The molecule has 0 bridgehead atoms. The summed E-state index contributed by atoms with van der Waals surface area (Å²) in [5.74, 6) is 1.56. The summed E-state index contributed by atoms with van der Waals surface area (Å²) >= 11 is 5.79. The quantitative estimate of drug-likeness (QED) is 0.877. The van der Waals surface area contributed by atoms with Gasteiger partial charge in [0.1, 0.15) is 5.75 Å². The van der Waals surface area contributed by atoms with E-state index < -0.39 is 0 Å². The lowest BCUT2D eigenvalue weighted by Gasteiger charge is -2.12. The fourth-order valence-electron chi connectivity index (χ4n) is 1.63. The van der Waals surface area contributed by atoms with Crippen LogP contribution in [0.2, 0.25) is 5.02 Å². The third-order valence-electron chi connectivity index (χ3n) is 2.55. The minimum atomic E-state index is -0.280. The van der Waals surface area contributed by atoms with Crippen LogP contribution in [0, 0.1) is 0 Å². The van der Waals surface area contributed by atoms with Gasteiger partial charge in [-0.05, 0) is 38.4 Å². The topological polar surface area (TPSA) is 77.4 Å². The smallest absolute Gasteiger partial charge is 0.264 e. The van der Waals surface area contributed by atoms with Crippen molar-refractivity contribution in [1.29, 1.82) is 0 Å². The van der Waals surface area contributed by atoms with E-state index in [9.17, 15) is 0 Å². The zero-order chi connectivity index (χ0) is 14.5. The number of hydrogen-bond donors (Lipinski definition) is 1. The van der Waals surface area contributed by atoms with E-state index in [-0.39, 0.29) is 12.6 Å². The Hall–Kier alpha value is -1.63. The van der Waals surface area contributed by atoms with Crippen LogP contribution in [-0.4, -0.2) is 35.7 Å². The normalized spacial score (nSPS) is 12.7. The first-order chi connectivity index (χ1) is 9.54. The van der Waals surface area contributed by atoms with Crippen LogP contribution >= 0.6 is 11.6 Å². The highest BCUT2D eigenvalue weighted by Gasteiger charge is 2.15. The number of nitrogens with zero attached hydrogens (tertiary/aromatic N) is 3. The average Bonchev–Trinajstić information content (AvgIpc) is 2.86. The fraction of sp³-hybridized carbons (Fsp3) is 0.385. The zero-order valence-corrected chi connectivity index (χ0v) is 12.2. The Morgan fingerprint density at radius 3 is 2.70 bits per heavy atom. The number of halogens is 1. The van der Waals surface area contributed by atoms with Crippen molar-refractivity contribution < 1.29 is 9.26 Å². The summed E-state index contributed by atoms with van der Waals surface area (Å²) in [4.78, 5) is 6.18. The lowest BCUT2D eigenvalue weighted by Crippen LogP contribution is -2.26. The summed E-state index contributed by atoms with van der Waals surface area (Å²) < 4.78 is 10.6. The molecule has 1 heterocycles. The van der Waals surface area contributed by atoms with Crippen molar-refractivity contribution >= 4 is 11.6 Å². The van der Waals surface area contributed by atoms with Crippen molar-refractivity contribution in [1.82, 2.24) is 15.0 Å². The van der Waals surface area contributed by atoms with Gasteiger partial charge in [0, 0.05) is 11.6 Å². The highest BCUT2D eigenvalue weighted by atomic mass is 35.5. The Morgan fingerprint density at radius 1 is 1.35 bits per heavy atom. The van der Waals surface area contributed by atoms with Crippen LogP contribution in [0.5, 0.6) is 5.75 Å². The summed E-state index contributed by atoms with van der Waals surface area (Å²) in [5.41, 5.74) is 5.95. The van der Waals surface area contributed by atoms with Crippen molar-refractivity contribution in [2.75, 3.05) is 20.6 Å². The summed E-state index contributed by atoms with van der Waals surface area (Å²) in [6.45, 7) is 0.848. The van der Waals surface area contributed by atoms with Crippen molar-refractivity contribution in [2.45, 2.75) is 12.6 Å². The van der Waals surface area contributed by atoms with Crippen molar-refractivity contribution in [3.8, 4) is 5.75 Å². The van der Waals surface area contributed by atoms with E-state index in [4.69, 9.17) is 26.6 Å². The molecule has 6 nitrogen and oxygen atoms in total. The van der Waals surface area contributed by atoms with Crippen LogP contribution in [0.3, 0.4) is 0 Å². The van der Waals surface area contributed by atoms with Gasteiger partial charge in [-0.3, -0.25) is 0 Å². The zero-order valence-electron chi connectivity index (χ0n) is 11.4. The molecule has 0 fully saturated rings. The van der Waals surface area contributed by atoms with E-state index >= 15 is 0 Å². The van der Waals surface area contributed by atoms with Crippen LogP contribution in [0.15, 0.2) is 28.8 Å². The summed E-state index contributed by atoms with van der Waals surface area (Å²) in [6, 6.07) is 6.78. The lowest BCUT2D eigenvalue weighted by atomic mass is 10.3. The van der Waals surface area contributed by atoms with Crippen molar-refractivity contribution in [3.63, 3.8) is 0 Å². The van der Waals surface area contributed by atoms with Crippen LogP contribution in [0.25, 0.3) is 0 Å². The maximum Gasteiger partial charge on any atom is 0.264 e. The largest absolute Gasteiger partial charge is 0.484 e. The Kier molecular flexibility index (Phi) is 4.94. The molecular formula is C13H17ClN4O2. The van der Waals surface area contributed by atoms with Gasteiger partial charge < -0.3 is 19.9 Å². The van der Waals surface area contributed by atoms with Crippen LogP contribution in [0.4, 0.5) is 0 Å². The molecule has 2 rings (SSSR count). The molecule has 1 atom stereocenters. The van der Waals surface area contributed by atoms with Gasteiger partial charge in [-0.15, -0.1) is 0 Å². The molecule has 0 aliphatic heterocycles. The number of nitrogens with two attached hydrogens (primary N) is 1. The monoisotopic (exact) mass is 296 g/mol. The molecule has 1 unspecified atom stereocenters. The lowest BCUT2D eigenvalue weighted by molar-refractivity contribution is 0.242. The highest BCUT2D eigenvalue weighted by molar-refractivity contribution is 6.30. The number of likely N-dealkylation sites (N-methyl/N-ethyl adjacent to an activating group) is 1. The predicted octanol–water partition coefficient (Wildman–Crippen LogP) is 1.86. The molecule has 1 aromatic heterocycles. The van der Waals surface area contributed by atoms with Gasteiger partial charge in [-0.1, -0.05) is 16.8 Å². The van der Waals surface area contributed by atoms with E-state index in [1.54, 1.807) is 24.3 Å². The molecule has 1 aromatic carbocycles. The van der Waals surface area contributed by atoms with E-state index in [1.165, 1.54) is 0 Å². The molecule has 2 aromatic rings. The van der Waals surface area contributed by atoms with Gasteiger partial charge in [0.2, 0.25) is 0 Å². The fourth-order valence-corrected chi connectivity index (χ4v) is 1.75. The Morgan fingerprint density at radius 2 is 2.05 bits per heavy atom. The molecule has 108 valence electrons. The molecule has 0 aliphatic rings. The van der Waals surface area contributed by atoms with E-state index in [0.29, 0.717) is 29.0 Å². The van der Waals surface area contributed by atoms with E-state index in [0.717, 1.165) is 0 Å². The maximum atomic E-state index is 5.95. The molecule has 0 aliphatic carbocycles. The molecule has 0 radical (unpaired) electrons. The number of rotatable bonds is 6. The predicted molar refractivity (Wildman–Crippen MR) is 75.6 cm³/mol. The second-order valence-corrected chi connectivity index (χ2v) is 5.09. The van der Waals surface area contributed by atoms with Gasteiger partial charge in [0.05, 0.1) is 6.04 Å². The minimum absolute atomic E-state index is 0.198. The molecular weight excluding hydrogens is 280 g/mol. The standard InChI is InChI=1S/C13H17ClN4O2/c1-18(2)7-11(15)13-16-12(20-17-13)8-19-10-5-3-9(14)4-6-10/h3-6,11H,7-8,15H2,1-2H3. The van der Waals surface area contributed by atoms with E-state index in [1.807, 2.05) is 19.0 Å².